The highest BCUT2D eigenvalue weighted by Crippen LogP contribution is 2.03. The van der Waals surface area contributed by atoms with Gasteiger partial charge in [0.2, 0.25) is 6.29 Å². The molecule has 0 amide bonds. The van der Waals surface area contributed by atoms with Gasteiger partial charge in [-0.05, 0) is 27.7 Å². The normalized spacial score (nSPS) is 14.5. The predicted octanol–water partition coefficient (Wildman–Crippen LogP) is 1.25. The lowest BCUT2D eigenvalue weighted by Crippen LogP contribution is -2.30. The average molecular weight is 218 g/mol. The Morgan fingerprint density at radius 2 is 1.53 bits per heavy atom. The lowest BCUT2D eigenvalue weighted by Gasteiger charge is -2.18. The molecule has 0 spiro atoms. The molecule has 0 aromatic heterocycles. The maximum absolute atomic E-state index is 11.3. The van der Waals surface area contributed by atoms with Crippen LogP contribution >= 0.6 is 0 Å². The highest BCUT2D eigenvalue weighted by Gasteiger charge is 2.20. The number of carbonyl (C=O) groups is 2. The maximum atomic E-state index is 11.3. The van der Waals surface area contributed by atoms with E-state index in [1.54, 1.807) is 6.92 Å². The third kappa shape index (κ3) is 6.90. The molecule has 0 radical (unpaired) electrons. The molecule has 0 bridgehead atoms. The summed E-state index contributed by atoms with van der Waals surface area (Å²) in [6.07, 6.45) is -1.58. The second-order valence-corrected chi connectivity index (χ2v) is 3.44. The Kier molecular flexibility index (Phi) is 5.93. The van der Waals surface area contributed by atoms with Crippen LogP contribution in [0.3, 0.4) is 0 Å². The topological polar surface area (TPSA) is 61.8 Å². The first-order valence-corrected chi connectivity index (χ1v) is 4.86. The Bertz CT molecular complexity index is 224. The van der Waals surface area contributed by atoms with E-state index in [-0.39, 0.29) is 6.10 Å². The third-order valence-electron chi connectivity index (χ3n) is 1.42. The molecule has 2 atom stereocenters. The first-order valence-electron chi connectivity index (χ1n) is 4.86. The van der Waals surface area contributed by atoms with Crippen molar-refractivity contribution in [2.24, 2.45) is 0 Å². The summed E-state index contributed by atoms with van der Waals surface area (Å²) in [5.74, 6) is -1.13. The van der Waals surface area contributed by atoms with Gasteiger partial charge in [0.05, 0.1) is 6.10 Å². The summed E-state index contributed by atoms with van der Waals surface area (Å²) >= 11 is 0. The molecular weight excluding hydrogens is 200 g/mol. The standard InChI is InChI=1S/C10H18O5/c1-6(2)13-9(5)15-10(12)7(3)14-8(4)11/h6-7,9H,1-5H3. The fraction of sp³-hybridized carbons (Fsp3) is 0.800. The molecule has 0 fully saturated rings. The molecule has 2 unspecified atom stereocenters. The van der Waals surface area contributed by atoms with Crippen LogP contribution in [-0.2, 0) is 23.8 Å². The Hall–Kier alpha value is -1.10. The average Bonchev–Trinajstić information content (AvgIpc) is 2.00. The van der Waals surface area contributed by atoms with Crippen molar-refractivity contribution in [2.75, 3.05) is 0 Å². The van der Waals surface area contributed by atoms with Gasteiger partial charge in [0.25, 0.3) is 0 Å². The second-order valence-electron chi connectivity index (χ2n) is 3.44. The van der Waals surface area contributed by atoms with Crippen molar-refractivity contribution >= 4 is 11.9 Å². The van der Waals surface area contributed by atoms with Crippen LogP contribution in [0.2, 0.25) is 0 Å². The van der Waals surface area contributed by atoms with Gasteiger partial charge in [-0.1, -0.05) is 0 Å². The molecule has 5 heteroatoms. The van der Waals surface area contributed by atoms with Gasteiger partial charge in [-0.15, -0.1) is 0 Å². The van der Waals surface area contributed by atoms with Gasteiger partial charge in [-0.3, -0.25) is 4.79 Å². The Balaban J connectivity index is 3.95. The minimum absolute atomic E-state index is 0.0307. The molecular formula is C10H18O5. The van der Waals surface area contributed by atoms with Gasteiger partial charge in [0, 0.05) is 6.92 Å². The molecule has 0 aromatic carbocycles. The van der Waals surface area contributed by atoms with Crippen molar-refractivity contribution in [2.45, 2.75) is 53.1 Å². The summed E-state index contributed by atoms with van der Waals surface area (Å²) in [5.41, 5.74) is 0. The van der Waals surface area contributed by atoms with Gasteiger partial charge < -0.3 is 14.2 Å². The zero-order valence-electron chi connectivity index (χ0n) is 9.77. The quantitative estimate of drug-likeness (QED) is 0.513. The zero-order valence-corrected chi connectivity index (χ0v) is 9.77. The molecule has 0 aliphatic rings. The molecule has 0 rings (SSSR count). The van der Waals surface area contributed by atoms with E-state index in [2.05, 4.69) is 4.74 Å². The van der Waals surface area contributed by atoms with Crippen LogP contribution in [0, 0.1) is 0 Å². The monoisotopic (exact) mass is 218 g/mol. The van der Waals surface area contributed by atoms with E-state index < -0.39 is 24.3 Å². The van der Waals surface area contributed by atoms with Crippen molar-refractivity contribution in [3.05, 3.63) is 0 Å². The smallest absolute Gasteiger partial charge is 0.349 e. The summed E-state index contributed by atoms with van der Waals surface area (Å²) in [7, 11) is 0. The van der Waals surface area contributed by atoms with Crippen LogP contribution in [-0.4, -0.2) is 30.4 Å². The van der Waals surface area contributed by atoms with E-state index >= 15 is 0 Å². The van der Waals surface area contributed by atoms with Crippen LogP contribution < -0.4 is 0 Å². The van der Waals surface area contributed by atoms with Crippen molar-refractivity contribution in [3.8, 4) is 0 Å². The number of carbonyl (C=O) groups excluding carboxylic acids is 2. The van der Waals surface area contributed by atoms with E-state index in [9.17, 15) is 9.59 Å². The number of rotatable bonds is 5. The minimum Gasteiger partial charge on any atom is -0.451 e. The molecule has 0 aliphatic heterocycles. The third-order valence-corrected chi connectivity index (χ3v) is 1.42. The van der Waals surface area contributed by atoms with Crippen LogP contribution in [0.4, 0.5) is 0 Å². The van der Waals surface area contributed by atoms with Crippen molar-refractivity contribution < 1.29 is 23.8 Å². The summed E-state index contributed by atoms with van der Waals surface area (Å²) in [6, 6.07) is 0. The number of ether oxygens (including phenoxy) is 3. The molecule has 0 heterocycles. The molecule has 0 N–H and O–H groups in total. The highest BCUT2D eigenvalue weighted by molar-refractivity contribution is 5.78. The van der Waals surface area contributed by atoms with E-state index in [1.165, 1.54) is 13.8 Å². The first kappa shape index (κ1) is 13.9. The minimum atomic E-state index is -0.902. The summed E-state index contributed by atoms with van der Waals surface area (Å²) in [4.78, 5) is 21.9. The fourth-order valence-electron chi connectivity index (χ4n) is 0.968. The highest BCUT2D eigenvalue weighted by atomic mass is 16.7. The van der Waals surface area contributed by atoms with E-state index in [0.29, 0.717) is 0 Å². The SMILES string of the molecule is CC(=O)OC(C)C(=O)OC(C)OC(C)C. The number of esters is 2. The predicted molar refractivity (Wildman–Crippen MR) is 53.0 cm³/mol. The Morgan fingerprint density at radius 1 is 1.00 bits per heavy atom. The maximum Gasteiger partial charge on any atom is 0.349 e. The Labute approximate surface area is 89.7 Å². The second kappa shape index (κ2) is 6.40. The number of hydrogen-bond donors (Lipinski definition) is 0. The zero-order chi connectivity index (χ0) is 12.0. The van der Waals surface area contributed by atoms with Crippen LogP contribution in [0.25, 0.3) is 0 Å². The van der Waals surface area contributed by atoms with Gasteiger partial charge in [-0.2, -0.15) is 0 Å². The van der Waals surface area contributed by atoms with Crippen molar-refractivity contribution in [1.29, 1.82) is 0 Å². The van der Waals surface area contributed by atoms with Gasteiger partial charge >= 0.3 is 11.9 Å². The van der Waals surface area contributed by atoms with Crippen LogP contribution in [0.5, 0.6) is 0 Å². The molecule has 0 saturated carbocycles. The summed E-state index contributed by atoms with van der Waals surface area (Å²) in [6.45, 7) is 7.96. The molecule has 5 nitrogen and oxygen atoms in total. The van der Waals surface area contributed by atoms with Crippen molar-refractivity contribution in [3.63, 3.8) is 0 Å². The van der Waals surface area contributed by atoms with Gasteiger partial charge in [0.1, 0.15) is 0 Å². The largest absolute Gasteiger partial charge is 0.451 e. The molecule has 0 aliphatic carbocycles. The molecule has 0 saturated heterocycles. The van der Waals surface area contributed by atoms with E-state index in [0.717, 1.165) is 0 Å². The molecule has 88 valence electrons. The van der Waals surface area contributed by atoms with Crippen molar-refractivity contribution in [1.82, 2.24) is 0 Å². The molecule has 15 heavy (non-hydrogen) atoms. The summed E-state index contributed by atoms with van der Waals surface area (Å²) in [5, 5.41) is 0. The van der Waals surface area contributed by atoms with Gasteiger partial charge in [0.15, 0.2) is 6.10 Å². The van der Waals surface area contributed by atoms with Crippen LogP contribution in [0.15, 0.2) is 0 Å². The van der Waals surface area contributed by atoms with E-state index in [1.807, 2.05) is 13.8 Å². The van der Waals surface area contributed by atoms with E-state index in [4.69, 9.17) is 9.47 Å². The van der Waals surface area contributed by atoms with Crippen LogP contribution in [0.1, 0.15) is 34.6 Å². The number of hydrogen-bond acceptors (Lipinski definition) is 5. The lowest BCUT2D eigenvalue weighted by molar-refractivity contribution is -0.193. The van der Waals surface area contributed by atoms with Gasteiger partial charge in [-0.25, -0.2) is 4.79 Å². The fourth-order valence-corrected chi connectivity index (χ4v) is 0.968. The Morgan fingerprint density at radius 3 is 1.93 bits per heavy atom. The summed E-state index contributed by atoms with van der Waals surface area (Å²) < 4.78 is 14.7. The first-order chi connectivity index (χ1) is 6.82. The lowest BCUT2D eigenvalue weighted by atomic mass is 10.4. The molecule has 0 aromatic rings.